The van der Waals surface area contributed by atoms with E-state index in [2.05, 4.69) is 5.48 Å². The Morgan fingerprint density at radius 1 is 1.53 bits per heavy atom. The Bertz CT molecular complexity index is 337. The molecule has 0 bridgehead atoms. The molecule has 2 fully saturated rings. The number of piperidine rings is 1. The second-order valence-corrected chi connectivity index (χ2v) is 5.44. The molecule has 2 rings (SSSR count). The second kappa shape index (κ2) is 4.18. The van der Waals surface area contributed by atoms with Crippen molar-refractivity contribution in [2.75, 3.05) is 13.1 Å². The molecule has 6 nitrogen and oxygen atoms in total. The lowest BCUT2D eigenvalue weighted by Gasteiger charge is -2.33. The monoisotopic (exact) mass is 242 g/mol. The Kier molecular flexibility index (Phi) is 2.99. The molecular formula is C11H18N2O4. The number of rotatable bonds is 0. The summed E-state index contributed by atoms with van der Waals surface area (Å²) >= 11 is 0. The zero-order chi connectivity index (χ0) is 12.6. The number of hydrogen-bond donors (Lipinski definition) is 1. The van der Waals surface area contributed by atoms with Crippen LogP contribution in [-0.2, 0) is 14.4 Å². The first kappa shape index (κ1) is 12.2. The molecule has 2 atom stereocenters. The smallest absolute Gasteiger partial charge is 0.410 e. The Labute approximate surface area is 100 Å². The van der Waals surface area contributed by atoms with Gasteiger partial charge in [-0.3, -0.25) is 9.63 Å². The maximum atomic E-state index is 11.8. The number of carbonyl (C=O) groups excluding carboxylic acids is 2. The number of carbonyl (C=O) groups is 2. The molecule has 1 N–H and O–H groups in total. The van der Waals surface area contributed by atoms with Crippen molar-refractivity contribution in [1.82, 2.24) is 10.4 Å². The van der Waals surface area contributed by atoms with Crippen LogP contribution in [0.2, 0.25) is 0 Å². The van der Waals surface area contributed by atoms with Gasteiger partial charge in [0.2, 0.25) is 5.91 Å². The van der Waals surface area contributed by atoms with E-state index < -0.39 is 5.60 Å². The third-order valence-electron chi connectivity index (χ3n) is 2.86. The summed E-state index contributed by atoms with van der Waals surface area (Å²) in [7, 11) is 0. The average Bonchev–Trinajstić information content (AvgIpc) is 2.57. The quantitative estimate of drug-likeness (QED) is 0.678. The highest BCUT2D eigenvalue weighted by Crippen LogP contribution is 2.25. The summed E-state index contributed by atoms with van der Waals surface area (Å²) in [6, 6.07) is 0. The molecule has 2 aliphatic rings. The van der Waals surface area contributed by atoms with Crippen LogP contribution in [0.4, 0.5) is 4.79 Å². The van der Waals surface area contributed by atoms with Gasteiger partial charge in [-0.25, -0.2) is 10.3 Å². The first-order valence-corrected chi connectivity index (χ1v) is 5.80. The van der Waals surface area contributed by atoms with Gasteiger partial charge in [-0.05, 0) is 27.2 Å². The van der Waals surface area contributed by atoms with Gasteiger partial charge in [0, 0.05) is 6.54 Å². The van der Waals surface area contributed by atoms with Gasteiger partial charge in [0.1, 0.15) is 11.7 Å². The van der Waals surface area contributed by atoms with Crippen molar-refractivity contribution in [2.24, 2.45) is 5.92 Å². The second-order valence-electron chi connectivity index (χ2n) is 5.44. The summed E-state index contributed by atoms with van der Waals surface area (Å²) in [5, 5.41) is 0. The highest BCUT2D eigenvalue weighted by atomic mass is 16.7. The SMILES string of the molecule is CC(C)(C)OC(=O)N1CCC2C(=O)NOC2C1. The fraction of sp³-hybridized carbons (Fsp3) is 0.818. The number of ether oxygens (including phenoxy) is 1. The van der Waals surface area contributed by atoms with Gasteiger partial charge in [-0.2, -0.15) is 0 Å². The molecule has 0 saturated carbocycles. The highest BCUT2D eigenvalue weighted by molar-refractivity contribution is 5.80. The van der Waals surface area contributed by atoms with Crippen LogP contribution in [0.5, 0.6) is 0 Å². The minimum absolute atomic E-state index is 0.0844. The van der Waals surface area contributed by atoms with Gasteiger partial charge in [-0.15, -0.1) is 0 Å². The maximum Gasteiger partial charge on any atom is 0.410 e. The largest absolute Gasteiger partial charge is 0.444 e. The van der Waals surface area contributed by atoms with Gasteiger partial charge in [0.15, 0.2) is 0 Å². The predicted octanol–water partition coefficient (Wildman–Crippen LogP) is 0.673. The number of fused-ring (bicyclic) bond motifs is 1. The van der Waals surface area contributed by atoms with Gasteiger partial charge < -0.3 is 9.64 Å². The van der Waals surface area contributed by atoms with E-state index in [0.717, 1.165) is 0 Å². The van der Waals surface area contributed by atoms with E-state index in [1.807, 2.05) is 20.8 Å². The zero-order valence-electron chi connectivity index (χ0n) is 10.4. The molecule has 0 radical (unpaired) electrons. The van der Waals surface area contributed by atoms with Crippen molar-refractivity contribution in [3.63, 3.8) is 0 Å². The first-order valence-electron chi connectivity index (χ1n) is 5.80. The Hall–Kier alpha value is -1.30. The van der Waals surface area contributed by atoms with Gasteiger partial charge >= 0.3 is 6.09 Å². The lowest BCUT2D eigenvalue weighted by molar-refractivity contribution is -0.126. The molecule has 0 aromatic heterocycles. The summed E-state index contributed by atoms with van der Waals surface area (Å²) in [5.41, 5.74) is 1.85. The van der Waals surface area contributed by atoms with Crippen LogP contribution in [0.1, 0.15) is 27.2 Å². The van der Waals surface area contributed by atoms with Crippen molar-refractivity contribution < 1.29 is 19.2 Å². The molecule has 2 saturated heterocycles. The average molecular weight is 242 g/mol. The van der Waals surface area contributed by atoms with E-state index in [1.54, 1.807) is 4.90 Å². The third kappa shape index (κ3) is 2.69. The molecule has 0 spiro atoms. The topological polar surface area (TPSA) is 67.9 Å². The van der Waals surface area contributed by atoms with Crippen LogP contribution in [0.15, 0.2) is 0 Å². The Morgan fingerprint density at radius 3 is 2.88 bits per heavy atom. The number of nitrogens with zero attached hydrogens (tertiary/aromatic N) is 1. The zero-order valence-corrected chi connectivity index (χ0v) is 10.4. The van der Waals surface area contributed by atoms with Crippen LogP contribution in [0.25, 0.3) is 0 Å². The molecule has 2 heterocycles. The summed E-state index contributed by atoms with van der Waals surface area (Å²) < 4.78 is 5.28. The fourth-order valence-corrected chi connectivity index (χ4v) is 2.04. The van der Waals surface area contributed by atoms with Crippen LogP contribution < -0.4 is 5.48 Å². The fourth-order valence-electron chi connectivity index (χ4n) is 2.04. The molecule has 2 unspecified atom stereocenters. The van der Waals surface area contributed by atoms with Gasteiger partial charge in [0.25, 0.3) is 0 Å². The first-order chi connectivity index (χ1) is 7.87. The number of likely N-dealkylation sites (tertiary alicyclic amines) is 1. The molecular weight excluding hydrogens is 224 g/mol. The molecule has 96 valence electrons. The number of nitrogens with one attached hydrogen (secondary N) is 1. The Balaban J connectivity index is 1.93. The van der Waals surface area contributed by atoms with Crippen LogP contribution >= 0.6 is 0 Å². The molecule has 2 aliphatic heterocycles. The third-order valence-corrected chi connectivity index (χ3v) is 2.86. The minimum Gasteiger partial charge on any atom is -0.444 e. The molecule has 6 heteroatoms. The molecule has 17 heavy (non-hydrogen) atoms. The van der Waals surface area contributed by atoms with Gasteiger partial charge in [-0.1, -0.05) is 0 Å². The van der Waals surface area contributed by atoms with Crippen LogP contribution in [-0.4, -0.2) is 41.7 Å². The molecule has 0 aliphatic carbocycles. The van der Waals surface area contributed by atoms with E-state index in [0.29, 0.717) is 19.5 Å². The molecule has 0 aromatic rings. The normalized spacial score (nSPS) is 28.6. The minimum atomic E-state index is -0.501. The van der Waals surface area contributed by atoms with Crippen LogP contribution in [0.3, 0.4) is 0 Å². The van der Waals surface area contributed by atoms with Crippen molar-refractivity contribution >= 4 is 12.0 Å². The summed E-state index contributed by atoms with van der Waals surface area (Å²) in [5.74, 6) is -0.215. The van der Waals surface area contributed by atoms with Crippen molar-refractivity contribution in [2.45, 2.75) is 38.9 Å². The lowest BCUT2D eigenvalue weighted by Crippen LogP contribution is -2.48. The number of amides is 2. The van der Waals surface area contributed by atoms with Crippen LogP contribution in [0, 0.1) is 5.92 Å². The van der Waals surface area contributed by atoms with Crippen molar-refractivity contribution in [1.29, 1.82) is 0 Å². The summed E-state index contributed by atoms with van der Waals surface area (Å²) in [6.45, 7) is 6.42. The van der Waals surface area contributed by atoms with E-state index in [4.69, 9.17) is 9.57 Å². The molecule has 0 aromatic carbocycles. The van der Waals surface area contributed by atoms with Gasteiger partial charge in [0.05, 0.1) is 12.5 Å². The summed E-state index contributed by atoms with van der Waals surface area (Å²) in [6.07, 6.45) is 0.0260. The lowest BCUT2D eigenvalue weighted by atomic mass is 9.94. The van der Waals surface area contributed by atoms with Crippen molar-refractivity contribution in [3.8, 4) is 0 Å². The maximum absolute atomic E-state index is 11.8. The van der Waals surface area contributed by atoms with Crippen molar-refractivity contribution in [3.05, 3.63) is 0 Å². The Morgan fingerprint density at radius 2 is 2.24 bits per heavy atom. The van der Waals surface area contributed by atoms with E-state index in [9.17, 15) is 9.59 Å². The molecule has 2 amide bonds. The number of hydrogen-bond acceptors (Lipinski definition) is 4. The predicted molar refractivity (Wildman–Crippen MR) is 58.9 cm³/mol. The van der Waals surface area contributed by atoms with E-state index in [1.165, 1.54) is 0 Å². The standard InChI is InChI=1S/C11H18N2O4/c1-11(2,3)16-10(15)13-5-4-7-8(6-13)17-12-9(7)14/h7-8H,4-6H2,1-3H3,(H,12,14). The highest BCUT2D eigenvalue weighted by Gasteiger charge is 2.42. The van der Waals surface area contributed by atoms with E-state index in [-0.39, 0.29) is 24.0 Å². The number of hydroxylamine groups is 1. The summed E-state index contributed by atoms with van der Waals surface area (Å²) in [4.78, 5) is 29.9. The van der Waals surface area contributed by atoms with E-state index >= 15 is 0 Å².